The van der Waals surface area contributed by atoms with Gasteiger partial charge in [-0.05, 0) is 6.42 Å². The number of nitrogens with one attached hydrogen (secondary N) is 1. The predicted octanol–water partition coefficient (Wildman–Crippen LogP) is 3.08. The van der Waals surface area contributed by atoms with E-state index >= 15 is 0 Å². The Morgan fingerprint density at radius 3 is 2.75 bits per heavy atom. The van der Waals surface area contributed by atoms with Crippen LogP contribution in [0.5, 0.6) is 5.75 Å². The number of halogens is 1. The monoisotopic (exact) mass is 244 g/mol. The molecule has 0 unspecified atom stereocenters. The highest BCUT2D eigenvalue weighted by atomic mass is 35.5. The summed E-state index contributed by atoms with van der Waals surface area (Å²) in [6, 6.07) is 2.83. The number of nitrogens with zero attached hydrogens (tertiary/aromatic N) is 1. The van der Waals surface area contributed by atoms with Crippen LogP contribution in [0.2, 0.25) is 5.02 Å². The third-order valence-corrected chi connectivity index (χ3v) is 2.34. The molecule has 88 valence electrons. The zero-order valence-electron chi connectivity index (χ0n) is 9.12. The third kappa shape index (κ3) is 2.76. The molecule has 0 aliphatic heterocycles. The molecule has 6 heteroatoms. The zero-order valence-corrected chi connectivity index (χ0v) is 9.87. The summed E-state index contributed by atoms with van der Waals surface area (Å²) in [4.78, 5) is 10.2. The predicted molar refractivity (Wildman–Crippen MR) is 63.4 cm³/mol. The quantitative estimate of drug-likeness (QED) is 0.639. The number of benzene rings is 1. The van der Waals surface area contributed by atoms with Gasteiger partial charge in [-0.15, -0.1) is 0 Å². The van der Waals surface area contributed by atoms with Gasteiger partial charge in [0, 0.05) is 18.7 Å². The number of hydrogen-bond acceptors (Lipinski definition) is 4. The number of ether oxygens (including phenoxy) is 1. The van der Waals surface area contributed by atoms with Crippen molar-refractivity contribution in [1.29, 1.82) is 0 Å². The lowest BCUT2D eigenvalue weighted by molar-refractivity contribution is -0.385. The molecule has 0 aliphatic carbocycles. The van der Waals surface area contributed by atoms with Crippen molar-refractivity contribution in [2.75, 3.05) is 19.0 Å². The summed E-state index contributed by atoms with van der Waals surface area (Å²) in [5, 5.41) is 14.1. The van der Waals surface area contributed by atoms with Crippen molar-refractivity contribution in [2.45, 2.75) is 13.3 Å². The molecular formula is C10H13ClN2O3. The van der Waals surface area contributed by atoms with Gasteiger partial charge in [0.05, 0.1) is 22.7 Å². The van der Waals surface area contributed by atoms with E-state index in [-0.39, 0.29) is 11.4 Å². The molecule has 0 radical (unpaired) electrons. The number of nitro benzene ring substituents is 1. The van der Waals surface area contributed by atoms with Crippen LogP contribution in [-0.2, 0) is 0 Å². The van der Waals surface area contributed by atoms with Crippen LogP contribution >= 0.6 is 11.6 Å². The molecule has 0 amide bonds. The molecule has 1 aromatic carbocycles. The summed E-state index contributed by atoms with van der Waals surface area (Å²) >= 11 is 5.92. The third-order valence-electron chi connectivity index (χ3n) is 2.03. The normalized spacial score (nSPS) is 9.94. The maximum absolute atomic E-state index is 10.7. The van der Waals surface area contributed by atoms with Gasteiger partial charge in [0.2, 0.25) is 0 Å². The molecule has 1 aromatic rings. The van der Waals surface area contributed by atoms with E-state index < -0.39 is 4.92 Å². The molecule has 0 spiro atoms. The van der Waals surface area contributed by atoms with E-state index in [2.05, 4.69) is 5.32 Å². The Labute approximate surface area is 98.5 Å². The first-order valence-corrected chi connectivity index (χ1v) is 5.23. The molecule has 0 atom stereocenters. The first-order valence-electron chi connectivity index (χ1n) is 4.86. The van der Waals surface area contributed by atoms with Crippen molar-refractivity contribution >= 4 is 23.0 Å². The first kappa shape index (κ1) is 12.6. The number of anilines is 1. The molecule has 0 saturated carbocycles. The second-order valence-electron chi connectivity index (χ2n) is 3.19. The molecule has 1 N–H and O–H groups in total. The van der Waals surface area contributed by atoms with Crippen LogP contribution in [-0.4, -0.2) is 18.6 Å². The van der Waals surface area contributed by atoms with Crippen molar-refractivity contribution in [3.05, 3.63) is 27.3 Å². The molecule has 16 heavy (non-hydrogen) atoms. The van der Waals surface area contributed by atoms with Crippen LogP contribution in [0.4, 0.5) is 11.4 Å². The van der Waals surface area contributed by atoms with Crippen molar-refractivity contribution in [2.24, 2.45) is 0 Å². The molecular weight excluding hydrogens is 232 g/mol. The highest BCUT2D eigenvalue weighted by molar-refractivity contribution is 6.33. The van der Waals surface area contributed by atoms with E-state index in [0.717, 1.165) is 13.0 Å². The topological polar surface area (TPSA) is 64.4 Å². The molecule has 0 saturated heterocycles. The van der Waals surface area contributed by atoms with Gasteiger partial charge in [-0.2, -0.15) is 0 Å². The molecule has 1 rings (SSSR count). The Hall–Kier alpha value is -1.49. The van der Waals surface area contributed by atoms with Crippen molar-refractivity contribution < 1.29 is 9.66 Å². The SMILES string of the molecule is CCCNc1cc(OC)c([N+](=O)[O-])cc1Cl. The standard InChI is InChI=1S/C10H13ClN2O3/c1-3-4-12-8-6-10(16-2)9(13(14)15)5-7(8)11/h5-6,12H,3-4H2,1-2H3. The van der Waals surface area contributed by atoms with Crippen LogP contribution in [0.1, 0.15) is 13.3 Å². The Bertz CT molecular complexity index is 396. The molecule has 0 aromatic heterocycles. The van der Waals surface area contributed by atoms with Gasteiger partial charge in [0.15, 0.2) is 5.75 Å². The Morgan fingerprint density at radius 1 is 1.56 bits per heavy atom. The van der Waals surface area contributed by atoms with Crippen molar-refractivity contribution in [3.8, 4) is 5.75 Å². The van der Waals surface area contributed by atoms with Crippen LogP contribution in [0.15, 0.2) is 12.1 Å². The maximum Gasteiger partial charge on any atom is 0.312 e. The van der Waals surface area contributed by atoms with E-state index in [4.69, 9.17) is 16.3 Å². The van der Waals surface area contributed by atoms with Gasteiger partial charge in [0.25, 0.3) is 0 Å². The summed E-state index contributed by atoms with van der Waals surface area (Å²) in [6.07, 6.45) is 0.940. The van der Waals surface area contributed by atoms with Gasteiger partial charge < -0.3 is 10.1 Å². The van der Waals surface area contributed by atoms with Crippen LogP contribution in [0, 0.1) is 10.1 Å². The number of methoxy groups -OCH3 is 1. The fraction of sp³-hybridized carbons (Fsp3) is 0.400. The second kappa shape index (κ2) is 5.55. The fourth-order valence-corrected chi connectivity index (χ4v) is 1.47. The van der Waals surface area contributed by atoms with E-state index in [9.17, 15) is 10.1 Å². The second-order valence-corrected chi connectivity index (χ2v) is 3.59. The molecule has 0 bridgehead atoms. The Kier molecular flexibility index (Phi) is 4.37. The lowest BCUT2D eigenvalue weighted by Gasteiger charge is -2.09. The van der Waals surface area contributed by atoms with Gasteiger partial charge in [-0.1, -0.05) is 18.5 Å². The Balaban J connectivity index is 3.10. The van der Waals surface area contributed by atoms with Gasteiger partial charge in [0.1, 0.15) is 0 Å². The fourth-order valence-electron chi connectivity index (χ4n) is 1.24. The van der Waals surface area contributed by atoms with Crippen molar-refractivity contribution in [1.82, 2.24) is 0 Å². The minimum absolute atomic E-state index is 0.130. The highest BCUT2D eigenvalue weighted by Crippen LogP contribution is 2.35. The summed E-state index contributed by atoms with van der Waals surface area (Å²) in [7, 11) is 1.39. The van der Waals surface area contributed by atoms with Gasteiger partial charge in [-0.25, -0.2) is 0 Å². The minimum atomic E-state index is -0.520. The van der Waals surface area contributed by atoms with Crippen LogP contribution in [0.25, 0.3) is 0 Å². The molecule has 0 fully saturated rings. The minimum Gasteiger partial charge on any atom is -0.490 e. The maximum atomic E-state index is 10.7. The largest absolute Gasteiger partial charge is 0.490 e. The summed E-state index contributed by atoms with van der Waals surface area (Å²) in [5.74, 6) is 0.202. The van der Waals surface area contributed by atoms with E-state index in [1.54, 1.807) is 0 Å². The van der Waals surface area contributed by atoms with Crippen LogP contribution < -0.4 is 10.1 Å². The summed E-state index contributed by atoms with van der Waals surface area (Å²) in [5.41, 5.74) is 0.514. The highest BCUT2D eigenvalue weighted by Gasteiger charge is 2.17. The van der Waals surface area contributed by atoms with E-state index in [0.29, 0.717) is 10.7 Å². The smallest absolute Gasteiger partial charge is 0.312 e. The summed E-state index contributed by atoms with van der Waals surface area (Å²) < 4.78 is 4.94. The lowest BCUT2D eigenvalue weighted by Crippen LogP contribution is -2.02. The van der Waals surface area contributed by atoms with Crippen LogP contribution in [0.3, 0.4) is 0 Å². The molecule has 5 nitrogen and oxygen atoms in total. The Morgan fingerprint density at radius 2 is 2.25 bits per heavy atom. The number of hydrogen-bond donors (Lipinski definition) is 1. The lowest BCUT2D eigenvalue weighted by atomic mass is 10.2. The van der Waals surface area contributed by atoms with Gasteiger partial charge >= 0.3 is 5.69 Å². The molecule has 0 aliphatic rings. The molecule has 0 heterocycles. The number of nitro groups is 1. The van der Waals surface area contributed by atoms with E-state index in [1.807, 2.05) is 6.92 Å². The van der Waals surface area contributed by atoms with E-state index in [1.165, 1.54) is 19.2 Å². The van der Waals surface area contributed by atoms with Gasteiger partial charge in [-0.3, -0.25) is 10.1 Å². The summed E-state index contributed by atoms with van der Waals surface area (Å²) in [6.45, 7) is 2.77. The zero-order chi connectivity index (χ0) is 12.1. The van der Waals surface area contributed by atoms with Crippen molar-refractivity contribution in [3.63, 3.8) is 0 Å². The number of rotatable bonds is 5. The average molecular weight is 245 g/mol. The first-order chi connectivity index (χ1) is 7.60. The average Bonchev–Trinajstić information content (AvgIpc) is 2.26.